The summed E-state index contributed by atoms with van der Waals surface area (Å²) in [7, 11) is 0. The van der Waals surface area contributed by atoms with E-state index in [2.05, 4.69) is 9.78 Å². The summed E-state index contributed by atoms with van der Waals surface area (Å²) >= 11 is 0. The Morgan fingerprint density at radius 1 is 0.833 bits per heavy atom. The molecule has 0 aliphatic rings. The fourth-order valence-corrected chi connectivity index (χ4v) is 1.99. The lowest BCUT2D eigenvalue weighted by Crippen LogP contribution is -2.35. The van der Waals surface area contributed by atoms with Gasteiger partial charge in [0.1, 0.15) is 6.04 Å². The molecule has 2 N–H and O–H groups in total. The Labute approximate surface area is 139 Å². The minimum atomic E-state index is -1.24. The molecule has 1 atom stereocenters. The van der Waals surface area contributed by atoms with Crippen molar-refractivity contribution in [2.75, 3.05) is 0 Å². The Morgan fingerprint density at radius 3 is 1.96 bits per heavy atom. The molecule has 124 valence electrons. The molecule has 0 saturated heterocycles. The van der Waals surface area contributed by atoms with Gasteiger partial charge >= 0.3 is 11.9 Å². The van der Waals surface area contributed by atoms with Crippen molar-refractivity contribution in [1.29, 1.82) is 0 Å². The van der Waals surface area contributed by atoms with Gasteiger partial charge in [0, 0.05) is 6.42 Å². The molecule has 0 spiro atoms. The van der Waals surface area contributed by atoms with E-state index in [4.69, 9.17) is 5.73 Å². The summed E-state index contributed by atoms with van der Waals surface area (Å²) in [5, 5.41) is 0. The zero-order valence-corrected chi connectivity index (χ0v) is 12.9. The maximum absolute atomic E-state index is 11.7. The second-order valence-electron chi connectivity index (χ2n) is 5.15. The van der Waals surface area contributed by atoms with Crippen LogP contribution >= 0.6 is 0 Å². The van der Waals surface area contributed by atoms with Gasteiger partial charge in [-0.05, 0) is 17.5 Å². The van der Waals surface area contributed by atoms with E-state index in [1.54, 1.807) is 30.3 Å². The smallest absolute Gasteiger partial charge is 0.318 e. The lowest BCUT2D eigenvalue weighted by molar-refractivity contribution is -0.257. The van der Waals surface area contributed by atoms with Crippen molar-refractivity contribution >= 4 is 17.7 Å². The summed E-state index contributed by atoms with van der Waals surface area (Å²) in [6.07, 6.45) is 0.0997. The molecule has 0 heterocycles. The third-order valence-corrected chi connectivity index (χ3v) is 3.24. The first-order valence-corrected chi connectivity index (χ1v) is 7.35. The van der Waals surface area contributed by atoms with Crippen molar-refractivity contribution < 1.29 is 24.2 Å². The van der Waals surface area contributed by atoms with Crippen molar-refractivity contribution in [2.24, 2.45) is 5.73 Å². The van der Waals surface area contributed by atoms with E-state index < -0.39 is 23.8 Å². The van der Waals surface area contributed by atoms with Crippen LogP contribution in [0.4, 0.5) is 0 Å². The molecule has 2 rings (SSSR count). The number of nitrogens with two attached hydrogens (primary N) is 1. The Balaban J connectivity index is 1.78. The monoisotopic (exact) mass is 327 g/mol. The van der Waals surface area contributed by atoms with Crippen LogP contribution in [0.2, 0.25) is 0 Å². The van der Waals surface area contributed by atoms with E-state index in [0.29, 0.717) is 5.56 Å². The zero-order valence-electron chi connectivity index (χ0n) is 12.9. The lowest BCUT2D eigenvalue weighted by Gasteiger charge is -2.09. The van der Waals surface area contributed by atoms with Gasteiger partial charge in [-0.2, -0.15) is 0 Å². The standard InChI is InChI=1S/C18H17NO5/c19-15(11-13-7-3-1-4-8-13)17(21)23-24-18(22)16(20)12-14-9-5-2-6-10-14/h1-10,15H,11-12,19H2. The number of Topliss-reactive ketones (excluding diaryl/α,β-unsaturated/α-hetero) is 1. The molecule has 0 saturated carbocycles. The largest absolute Gasteiger partial charge is 0.421 e. The number of hydrogen-bond acceptors (Lipinski definition) is 6. The second kappa shape index (κ2) is 8.59. The van der Waals surface area contributed by atoms with Crippen LogP contribution < -0.4 is 5.73 Å². The van der Waals surface area contributed by atoms with E-state index in [1.807, 2.05) is 30.3 Å². The highest BCUT2D eigenvalue weighted by molar-refractivity contribution is 6.34. The maximum Gasteiger partial charge on any atom is 0.421 e. The maximum atomic E-state index is 11.7. The molecule has 0 aliphatic heterocycles. The summed E-state index contributed by atoms with van der Waals surface area (Å²) in [5.74, 6) is -2.97. The van der Waals surface area contributed by atoms with E-state index in [-0.39, 0.29) is 12.8 Å². The Bertz CT molecular complexity index is 700. The fourth-order valence-electron chi connectivity index (χ4n) is 1.99. The molecular formula is C18H17NO5. The Hall–Kier alpha value is -2.99. The molecule has 6 nitrogen and oxygen atoms in total. The summed E-state index contributed by atoms with van der Waals surface area (Å²) < 4.78 is 0. The van der Waals surface area contributed by atoms with Gasteiger partial charge in [-0.15, -0.1) is 0 Å². The molecule has 6 heteroatoms. The molecule has 1 unspecified atom stereocenters. The molecule has 0 bridgehead atoms. The minimum Gasteiger partial charge on any atom is -0.318 e. The predicted molar refractivity (Wildman–Crippen MR) is 85.5 cm³/mol. The highest BCUT2D eigenvalue weighted by Gasteiger charge is 2.22. The predicted octanol–water partition coefficient (Wildman–Crippen LogP) is 1.37. The normalized spacial score (nSPS) is 11.4. The van der Waals surface area contributed by atoms with E-state index in [0.717, 1.165) is 5.56 Å². The van der Waals surface area contributed by atoms with Gasteiger partial charge in [-0.25, -0.2) is 19.4 Å². The van der Waals surface area contributed by atoms with Crippen LogP contribution in [0, 0.1) is 0 Å². The highest BCUT2D eigenvalue weighted by Crippen LogP contribution is 2.04. The number of carbonyl (C=O) groups is 3. The lowest BCUT2D eigenvalue weighted by atomic mass is 10.1. The Morgan fingerprint density at radius 2 is 1.38 bits per heavy atom. The first-order valence-electron chi connectivity index (χ1n) is 7.35. The van der Waals surface area contributed by atoms with Crippen molar-refractivity contribution in [3.63, 3.8) is 0 Å². The number of benzene rings is 2. The zero-order chi connectivity index (χ0) is 17.4. The van der Waals surface area contributed by atoms with E-state index in [1.165, 1.54) is 0 Å². The van der Waals surface area contributed by atoms with Crippen molar-refractivity contribution in [1.82, 2.24) is 0 Å². The summed E-state index contributed by atoms with van der Waals surface area (Å²) in [6, 6.07) is 16.8. The van der Waals surface area contributed by atoms with Gasteiger partial charge < -0.3 is 5.73 Å². The quantitative estimate of drug-likeness (QED) is 0.489. The topological polar surface area (TPSA) is 95.7 Å². The van der Waals surface area contributed by atoms with Gasteiger partial charge in [-0.1, -0.05) is 60.7 Å². The average molecular weight is 327 g/mol. The molecule has 2 aromatic carbocycles. The molecule has 0 radical (unpaired) electrons. The van der Waals surface area contributed by atoms with Gasteiger partial charge in [0.05, 0.1) is 0 Å². The molecule has 0 amide bonds. The summed E-state index contributed by atoms with van der Waals surface area (Å²) in [5.41, 5.74) is 7.18. The van der Waals surface area contributed by atoms with E-state index >= 15 is 0 Å². The van der Waals surface area contributed by atoms with Crippen molar-refractivity contribution in [2.45, 2.75) is 18.9 Å². The van der Waals surface area contributed by atoms with Crippen molar-refractivity contribution in [3.8, 4) is 0 Å². The first kappa shape index (κ1) is 17.4. The summed E-state index contributed by atoms with van der Waals surface area (Å²) in [6.45, 7) is 0. The van der Waals surface area contributed by atoms with E-state index in [9.17, 15) is 14.4 Å². The average Bonchev–Trinajstić information content (AvgIpc) is 2.61. The summed E-state index contributed by atoms with van der Waals surface area (Å²) in [4.78, 5) is 43.6. The van der Waals surface area contributed by atoms with Gasteiger partial charge in [-0.3, -0.25) is 4.79 Å². The first-order chi connectivity index (χ1) is 11.6. The SMILES string of the molecule is NC(Cc1ccccc1)C(=O)OOC(=O)C(=O)Cc1ccccc1. The number of ketones is 1. The number of hydrogen-bond donors (Lipinski definition) is 1. The van der Waals surface area contributed by atoms with Crippen LogP contribution in [0.3, 0.4) is 0 Å². The third-order valence-electron chi connectivity index (χ3n) is 3.24. The molecule has 24 heavy (non-hydrogen) atoms. The molecular weight excluding hydrogens is 310 g/mol. The van der Waals surface area contributed by atoms with Crippen LogP contribution in [0.1, 0.15) is 11.1 Å². The number of rotatable bonds is 6. The van der Waals surface area contributed by atoms with Gasteiger partial charge in [0.2, 0.25) is 5.78 Å². The fraction of sp³-hybridized carbons (Fsp3) is 0.167. The molecule has 0 fully saturated rings. The third kappa shape index (κ3) is 5.33. The second-order valence-corrected chi connectivity index (χ2v) is 5.15. The number of carbonyl (C=O) groups excluding carboxylic acids is 3. The Kier molecular flexibility index (Phi) is 6.22. The highest BCUT2D eigenvalue weighted by atomic mass is 17.2. The molecule has 0 aromatic heterocycles. The van der Waals surface area contributed by atoms with Crippen molar-refractivity contribution in [3.05, 3.63) is 71.8 Å². The van der Waals surface area contributed by atoms with Crippen LogP contribution in [0.25, 0.3) is 0 Å². The van der Waals surface area contributed by atoms with Crippen LogP contribution in [-0.2, 0) is 37.0 Å². The van der Waals surface area contributed by atoms with Crippen LogP contribution in [-0.4, -0.2) is 23.8 Å². The van der Waals surface area contributed by atoms with Gasteiger partial charge in [0.15, 0.2) is 0 Å². The van der Waals surface area contributed by atoms with Crippen LogP contribution in [0.15, 0.2) is 60.7 Å². The van der Waals surface area contributed by atoms with Gasteiger partial charge in [0.25, 0.3) is 0 Å². The molecule has 0 aliphatic carbocycles. The molecule has 2 aromatic rings. The van der Waals surface area contributed by atoms with Crippen LogP contribution in [0.5, 0.6) is 0 Å². The minimum absolute atomic E-state index is 0.132.